The van der Waals surface area contributed by atoms with Gasteiger partial charge in [-0.05, 0) is 53.1 Å². The van der Waals surface area contributed by atoms with Crippen LogP contribution in [-0.2, 0) is 22.6 Å². The third-order valence-electron chi connectivity index (χ3n) is 4.35. The van der Waals surface area contributed by atoms with Gasteiger partial charge in [0, 0.05) is 6.54 Å². The van der Waals surface area contributed by atoms with E-state index in [0.717, 1.165) is 31.0 Å². The van der Waals surface area contributed by atoms with E-state index in [9.17, 15) is 0 Å². The maximum Gasteiger partial charge on any atom is 0.414 e. The molecule has 1 aliphatic rings. The number of ether oxygens (including phenoxy) is 2. The minimum Gasteiger partial charge on any atom is -0.473 e. The van der Waals surface area contributed by atoms with E-state index < -0.39 is 11.9 Å². The third-order valence-corrected chi connectivity index (χ3v) is 4.35. The van der Waals surface area contributed by atoms with Gasteiger partial charge in [-0.15, -0.1) is 0 Å². The van der Waals surface area contributed by atoms with Crippen molar-refractivity contribution in [1.82, 2.24) is 5.32 Å². The molecule has 1 aliphatic heterocycles. The minimum atomic E-state index is -1.82. The summed E-state index contributed by atoms with van der Waals surface area (Å²) in [5.41, 5.74) is 2.58. The van der Waals surface area contributed by atoms with Crippen LogP contribution in [0.25, 0.3) is 10.8 Å². The van der Waals surface area contributed by atoms with Crippen LogP contribution in [-0.4, -0.2) is 35.5 Å². The van der Waals surface area contributed by atoms with Crippen molar-refractivity contribution in [3.8, 4) is 11.5 Å². The SMILES string of the molecule is O=C(O)C(=O)O.c1ccc2cc(CNCCc3ccc4c(c3)OCO4)ccc2c1. The number of nitrogens with one attached hydrogen (secondary N) is 1. The van der Waals surface area contributed by atoms with Gasteiger partial charge in [0.1, 0.15) is 0 Å². The van der Waals surface area contributed by atoms with E-state index in [2.05, 4.69) is 59.9 Å². The Morgan fingerprint density at radius 3 is 2.28 bits per heavy atom. The van der Waals surface area contributed by atoms with Gasteiger partial charge in [0.15, 0.2) is 11.5 Å². The van der Waals surface area contributed by atoms with E-state index in [4.69, 9.17) is 29.3 Å². The molecule has 0 radical (unpaired) electrons. The van der Waals surface area contributed by atoms with Gasteiger partial charge in [-0.2, -0.15) is 0 Å². The number of hydrogen-bond acceptors (Lipinski definition) is 5. The van der Waals surface area contributed by atoms with Crippen molar-refractivity contribution in [3.63, 3.8) is 0 Å². The lowest BCUT2D eigenvalue weighted by Gasteiger charge is -2.07. The van der Waals surface area contributed by atoms with E-state index in [-0.39, 0.29) is 0 Å². The van der Waals surface area contributed by atoms with Crippen molar-refractivity contribution in [1.29, 1.82) is 0 Å². The fourth-order valence-corrected chi connectivity index (χ4v) is 2.91. The summed E-state index contributed by atoms with van der Waals surface area (Å²) in [4.78, 5) is 18.2. The molecule has 150 valence electrons. The maximum atomic E-state index is 9.10. The highest BCUT2D eigenvalue weighted by atomic mass is 16.7. The number of carboxylic acid groups (broad SMARTS) is 2. The number of benzene rings is 3. The molecule has 0 saturated heterocycles. The zero-order valence-corrected chi connectivity index (χ0v) is 15.6. The van der Waals surface area contributed by atoms with Crippen molar-refractivity contribution >= 4 is 22.7 Å². The summed E-state index contributed by atoms with van der Waals surface area (Å²) in [5.74, 6) is -1.94. The lowest BCUT2D eigenvalue weighted by molar-refractivity contribution is -0.159. The van der Waals surface area contributed by atoms with Gasteiger partial charge in [0.05, 0.1) is 0 Å². The normalized spacial score (nSPS) is 11.6. The second-order valence-corrected chi connectivity index (χ2v) is 6.41. The largest absolute Gasteiger partial charge is 0.473 e. The van der Waals surface area contributed by atoms with Crippen molar-refractivity contribution < 1.29 is 29.3 Å². The van der Waals surface area contributed by atoms with Crippen molar-refractivity contribution in [3.05, 3.63) is 71.8 Å². The molecular formula is C22H21NO6. The predicted octanol–water partition coefficient (Wildman–Crippen LogP) is 3.06. The van der Waals surface area contributed by atoms with E-state index in [1.54, 1.807) is 0 Å². The zero-order chi connectivity index (χ0) is 20.6. The Morgan fingerprint density at radius 1 is 0.828 bits per heavy atom. The Balaban J connectivity index is 0.000000353. The standard InChI is InChI=1S/C20H19NO2.C2H2O4/c1-2-4-18-11-16(5-7-17(18)3-1)13-21-10-9-15-6-8-19-20(12-15)23-14-22-19;3-1(4)2(5)6/h1-8,11-12,21H,9-10,13-14H2;(H,3,4)(H,5,6). The highest BCUT2D eigenvalue weighted by Crippen LogP contribution is 2.32. The molecule has 3 aromatic carbocycles. The summed E-state index contributed by atoms with van der Waals surface area (Å²) in [7, 11) is 0. The second kappa shape index (κ2) is 9.57. The lowest BCUT2D eigenvalue weighted by Crippen LogP contribution is -2.16. The van der Waals surface area contributed by atoms with Crippen LogP contribution in [0, 0.1) is 0 Å². The van der Waals surface area contributed by atoms with Gasteiger partial charge in [-0.1, -0.05) is 42.5 Å². The molecule has 0 saturated carbocycles. The summed E-state index contributed by atoms with van der Waals surface area (Å²) in [6.07, 6.45) is 0.976. The van der Waals surface area contributed by atoms with Crippen LogP contribution in [0.4, 0.5) is 0 Å². The molecule has 1 heterocycles. The quantitative estimate of drug-likeness (QED) is 0.450. The second-order valence-electron chi connectivity index (χ2n) is 6.41. The van der Waals surface area contributed by atoms with Crippen LogP contribution in [0.2, 0.25) is 0 Å². The zero-order valence-electron chi connectivity index (χ0n) is 15.6. The summed E-state index contributed by atoms with van der Waals surface area (Å²) >= 11 is 0. The Hall–Kier alpha value is -3.58. The Labute approximate surface area is 167 Å². The molecule has 3 aromatic rings. The molecule has 7 heteroatoms. The van der Waals surface area contributed by atoms with E-state index in [1.807, 2.05) is 6.07 Å². The van der Waals surface area contributed by atoms with Crippen molar-refractivity contribution in [2.24, 2.45) is 0 Å². The van der Waals surface area contributed by atoms with Gasteiger partial charge in [-0.25, -0.2) is 9.59 Å². The van der Waals surface area contributed by atoms with Crippen LogP contribution in [0.5, 0.6) is 11.5 Å². The average molecular weight is 395 g/mol. The lowest BCUT2D eigenvalue weighted by atomic mass is 10.1. The maximum absolute atomic E-state index is 9.10. The number of rotatable bonds is 5. The molecule has 7 nitrogen and oxygen atoms in total. The predicted molar refractivity (Wildman–Crippen MR) is 107 cm³/mol. The molecule has 4 rings (SSSR count). The van der Waals surface area contributed by atoms with Gasteiger partial charge >= 0.3 is 11.9 Å². The summed E-state index contributed by atoms with van der Waals surface area (Å²) in [6.45, 7) is 2.15. The van der Waals surface area contributed by atoms with Crippen LogP contribution < -0.4 is 14.8 Å². The molecule has 3 N–H and O–H groups in total. The van der Waals surface area contributed by atoms with Crippen LogP contribution in [0.3, 0.4) is 0 Å². The average Bonchev–Trinajstić information content (AvgIpc) is 3.19. The molecule has 0 fully saturated rings. The van der Waals surface area contributed by atoms with Gasteiger partial charge in [0.25, 0.3) is 0 Å². The van der Waals surface area contributed by atoms with Gasteiger partial charge in [0.2, 0.25) is 6.79 Å². The van der Waals surface area contributed by atoms with Crippen LogP contribution in [0.1, 0.15) is 11.1 Å². The fourth-order valence-electron chi connectivity index (χ4n) is 2.91. The van der Waals surface area contributed by atoms with Crippen LogP contribution >= 0.6 is 0 Å². The molecule has 29 heavy (non-hydrogen) atoms. The fraction of sp³-hybridized carbons (Fsp3) is 0.182. The molecule has 0 aliphatic carbocycles. The Kier molecular flexibility index (Phi) is 6.65. The molecule has 0 amide bonds. The number of aliphatic carboxylic acids is 2. The number of hydrogen-bond donors (Lipinski definition) is 3. The molecule has 0 unspecified atom stereocenters. The third kappa shape index (κ3) is 5.70. The van der Waals surface area contributed by atoms with E-state index >= 15 is 0 Å². The number of carboxylic acids is 2. The highest BCUT2D eigenvalue weighted by molar-refractivity contribution is 6.27. The van der Waals surface area contributed by atoms with Gasteiger partial charge < -0.3 is 25.0 Å². The first-order valence-corrected chi connectivity index (χ1v) is 9.06. The summed E-state index contributed by atoms with van der Waals surface area (Å²) in [6, 6.07) is 21.2. The first-order chi connectivity index (χ1) is 14.0. The first kappa shape index (κ1) is 20.2. The Bertz CT molecular complexity index is 1010. The van der Waals surface area contributed by atoms with Crippen LogP contribution in [0.15, 0.2) is 60.7 Å². The van der Waals surface area contributed by atoms with Crippen molar-refractivity contribution in [2.45, 2.75) is 13.0 Å². The number of carbonyl (C=O) groups is 2. The minimum absolute atomic E-state index is 0.332. The van der Waals surface area contributed by atoms with Gasteiger partial charge in [-0.3, -0.25) is 0 Å². The van der Waals surface area contributed by atoms with E-state index in [0.29, 0.717) is 6.79 Å². The molecule has 0 aromatic heterocycles. The highest BCUT2D eigenvalue weighted by Gasteiger charge is 2.12. The topological polar surface area (TPSA) is 105 Å². The smallest absolute Gasteiger partial charge is 0.414 e. The first-order valence-electron chi connectivity index (χ1n) is 9.06. The molecular weight excluding hydrogens is 374 g/mol. The van der Waals surface area contributed by atoms with Crippen molar-refractivity contribution in [2.75, 3.05) is 13.3 Å². The molecule has 0 atom stereocenters. The summed E-state index contributed by atoms with van der Waals surface area (Å²) in [5, 5.41) is 20.9. The van der Waals surface area contributed by atoms with E-state index in [1.165, 1.54) is 21.9 Å². The number of fused-ring (bicyclic) bond motifs is 2. The molecule has 0 spiro atoms. The summed E-state index contributed by atoms with van der Waals surface area (Å²) < 4.78 is 10.7. The molecule has 0 bridgehead atoms. The monoisotopic (exact) mass is 395 g/mol. The Morgan fingerprint density at radius 2 is 1.52 bits per heavy atom.